The van der Waals surface area contributed by atoms with Crippen molar-refractivity contribution in [2.45, 2.75) is 175 Å². The molecule has 0 unspecified atom stereocenters. The fourth-order valence-electron chi connectivity index (χ4n) is 7.43. The van der Waals surface area contributed by atoms with E-state index in [1.54, 1.807) is 45.9 Å². The van der Waals surface area contributed by atoms with Gasteiger partial charge in [-0.05, 0) is 80.7 Å². The predicted molar refractivity (Wildman–Crippen MR) is 261 cm³/mol. The number of anilines is 1. The van der Waals surface area contributed by atoms with E-state index in [0.29, 0.717) is 11.9 Å². The van der Waals surface area contributed by atoms with Gasteiger partial charge in [0.1, 0.15) is 35.8 Å². The van der Waals surface area contributed by atoms with Crippen LogP contribution >= 0.6 is 7.75 Å². The summed E-state index contributed by atoms with van der Waals surface area (Å²) >= 11 is 0. The van der Waals surface area contributed by atoms with Gasteiger partial charge in [-0.3, -0.25) is 18.9 Å². The van der Waals surface area contributed by atoms with Crippen molar-refractivity contribution >= 4 is 37.0 Å². The Morgan fingerprint density at radius 2 is 1.50 bits per heavy atom. The van der Waals surface area contributed by atoms with Gasteiger partial charge in [-0.2, -0.15) is 15.4 Å². The summed E-state index contributed by atoms with van der Waals surface area (Å²) in [6.45, 7) is 15.8. The van der Waals surface area contributed by atoms with Gasteiger partial charge in [0.05, 0.1) is 30.7 Å². The van der Waals surface area contributed by atoms with Crippen molar-refractivity contribution in [3.63, 3.8) is 0 Å². The van der Waals surface area contributed by atoms with E-state index in [2.05, 4.69) is 73.2 Å². The number of fused-ring (bicyclic) bond motifs is 1. The number of carbonyl (C=O) groups is 3. The van der Waals surface area contributed by atoms with Gasteiger partial charge in [0, 0.05) is 0 Å². The summed E-state index contributed by atoms with van der Waals surface area (Å²) in [6, 6.07) is 11.0. The first-order chi connectivity index (χ1) is 32.4. The molecule has 374 valence electrons. The summed E-state index contributed by atoms with van der Waals surface area (Å²) in [4.78, 5) is 44.1. The van der Waals surface area contributed by atoms with Crippen LogP contribution in [0.5, 0.6) is 5.75 Å². The molecule has 17 heteroatoms. The zero-order valence-electron chi connectivity index (χ0n) is 41.6. The van der Waals surface area contributed by atoms with Crippen LogP contribution in [0.1, 0.15) is 151 Å². The molecule has 0 radical (unpaired) electrons. The molecule has 3 heterocycles. The second-order valence-corrected chi connectivity index (χ2v) is 20.7. The molecule has 1 aliphatic heterocycles. The van der Waals surface area contributed by atoms with Crippen molar-refractivity contribution < 1.29 is 46.9 Å². The van der Waals surface area contributed by atoms with Crippen LogP contribution in [0.2, 0.25) is 0 Å². The average Bonchev–Trinajstić information content (AvgIpc) is 3.86. The third-order valence-corrected chi connectivity index (χ3v) is 13.2. The zero-order valence-corrected chi connectivity index (χ0v) is 42.5. The summed E-state index contributed by atoms with van der Waals surface area (Å²) in [5, 5.41) is 18.0. The predicted octanol–water partition coefficient (Wildman–Crippen LogP) is 10.4. The van der Waals surface area contributed by atoms with Gasteiger partial charge >= 0.3 is 25.7 Å². The Balaban J connectivity index is 1.48. The number of aromatic nitrogens is 3. The molecule has 1 fully saturated rings. The molecule has 1 saturated heterocycles. The number of ether oxygens (including phenoxy) is 4. The lowest BCUT2D eigenvalue weighted by molar-refractivity contribution is -0.173. The molecule has 68 heavy (non-hydrogen) atoms. The molecule has 6 atom stereocenters. The van der Waals surface area contributed by atoms with Gasteiger partial charge < -0.3 is 29.2 Å². The van der Waals surface area contributed by atoms with Crippen molar-refractivity contribution in [1.29, 1.82) is 5.26 Å². The summed E-state index contributed by atoms with van der Waals surface area (Å²) in [7, 11) is -4.55. The second-order valence-electron chi connectivity index (χ2n) is 19.0. The zero-order chi connectivity index (χ0) is 49.9. The molecule has 0 bridgehead atoms. The van der Waals surface area contributed by atoms with E-state index in [-0.39, 0.29) is 29.3 Å². The van der Waals surface area contributed by atoms with Gasteiger partial charge in [-0.15, -0.1) is 0 Å². The van der Waals surface area contributed by atoms with Crippen LogP contribution in [0.25, 0.3) is 5.52 Å². The molecule has 0 saturated carbocycles. The van der Waals surface area contributed by atoms with Crippen molar-refractivity contribution in [3.8, 4) is 11.8 Å². The standard InChI is InChI=1S/C51H75N6O10P/c1-10-11-12-13-14-15-16-17-18-19-20-21-22-23-24-25-32-62-49(60)38(6)56-68(61,67-40-28-26-39(27-29-40)50(7,8)9)63-33-42-44(64-47(58)36(2)3)45(65-48(59)37(4)5)51(34-52,66-42)43-31-30-41-46(53)54-35-55-57(41)43/h14-15,17-18,26-31,35-38,42,44-45H,10-13,16,19-25,32-33H2,1-9H3,(H,56,61)(H2,53,54,55)/b15-14-,18-17-/t38-,42+,44+,45+,51-,68+/m0/s1. The quantitative estimate of drug-likeness (QED) is 0.0228. The Morgan fingerprint density at radius 1 is 0.882 bits per heavy atom. The molecule has 3 aromatic rings. The van der Waals surface area contributed by atoms with Crippen molar-refractivity contribution in [3.05, 3.63) is 78.3 Å². The minimum absolute atomic E-state index is 0.0893. The van der Waals surface area contributed by atoms with E-state index < -0.39 is 74.1 Å². The minimum Gasteiger partial charge on any atom is -0.465 e. The number of nitrogens with one attached hydrogen (secondary N) is 1. The molecule has 3 N–H and O–H groups in total. The normalized spacial score (nSPS) is 19.9. The van der Waals surface area contributed by atoms with Crippen molar-refractivity contribution in [2.75, 3.05) is 18.9 Å². The van der Waals surface area contributed by atoms with Crippen LogP contribution in [-0.2, 0) is 53.4 Å². The first-order valence-corrected chi connectivity index (χ1v) is 25.8. The van der Waals surface area contributed by atoms with E-state index >= 15 is 0 Å². The smallest absolute Gasteiger partial charge is 0.459 e. The van der Waals surface area contributed by atoms with Crippen molar-refractivity contribution in [1.82, 2.24) is 19.7 Å². The third-order valence-electron chi connectivity index (χ3n) is 11.5. The molecule has 1 aliphatic rings. The van der Waals surface area contributed by atoms with Crippen LogP contribution < -0.4 is 15.3 Å². The van der Waals surface area contributed by atoms with Crippen LogP contribution in [0, 0.1) is 23.2 Å². The number of esters is 3. The Morgan fingerprint density at radius 3 is 2.12 bits per heavy atom. The number of hydrogen-bond donors (Lipinski definition) is 2. The first-order valence-electron chi connectivity index (χ1n) is 24.2. The van der Waals surface area contributed by atoms with E-state index in [9.17, 15) is 24.2 Å². The summed E-state index contributed by atoms with van der Waals surface area (Å²) in [6.07, 6.45) is 18.7. The molecule has 16 nitrogen and oxygen atoms in total. The number of nitrogen functional groups attached to an aromatic ring is 1. The maximum Gasteiger partial charge on any atom is 0.459 e. The number of nitrogens with zero attached hydrogens (tertiary/aromatic N) is 4. The maximum absolute atomic E-state index is 14.9. The van der Waals surface area contributed by atoms with Crippen LogP contribution in [0.15, 0.2) is 67.0 Å². The fraction of sp³-hybridized carbons (Fsp3) is 0.608. The number of unbranched alkanes of at least 4 members (excludes halogenated alkanes) is 9. The summed E-state index contributed by atoms with van der Waals surface area (Å²) in [5.74, 6) is -3.11. The number of rotatable bonds is 28. The van der Waals surface area contributed by atoms with Crippen LogP contribution in [0.4, 0.5) is 5.82 Å². The molecular weight excluding hydrogens is 888 g/mol. The number of allylic oxidation sites excluding steroid dienone is 4. The largest absolute Gasteiger partial charge is 0.465 e. The topological polar surface area (TPSA) is 216 Å². The Hall–Kier alpha value is -5.07. The number of benzene rings is 1. The van der Waals surface area contributed by atoms with Crippen LogP contribution in [0.3, 0.4) is 0 Å². The SMILES string of the molecule is CCCCC/C=C\C/C=C\CCCCCCCCOC(=O)[C@H](C)N[P@@](=O)(OC[C@H]1O[C@@](C#N)(c2ccc3c(N)ncnn23)[C@H](OC(=O)C(C)C)[C@@H]1OC(=O)C(C)C)Oc1ccc(C(C)(C)C)cc1. The lowest BCUT2D eigenvalue weighted by Crippen LogP contribution is -2.47. The highest BCUT2D eigenvalue weighted by atomic mass is 31.2. The number of hydrogen-bond acceptors (Lipinski definition) is 14. The van der Waals surface area contributed by atoms with Gasteiger partial charge in [0.15, 0.2) is 18.0 Å². The van der Waals surface area contributed by atoms with Crippen molar-refractivity contribution in [2.24, 2.45) is 11.8 Å². The molecule has 0 amide bonds. The van der Waals surface area contributed by atoms with E-state index in [4.69, 9.17) is 33.7 Å². The molecule has 1 aromatic carbocycles. The Bertz CT molecular complexity index is 2230. The highest BCUT2D eigenvalue weighted by molar-refractivity contribution is 7.52. The highest BCUT2D eigenvalue weighted by Gasteiger charge is 2.63. The molecule has 0 spiro atoms. The minimum atomic E-state index is -4.55. The maximum atomic E-state index is 14.9. The number of carbonyl (C=O) groups excluding carboxylic acids is 3. The number of nitriles is 1. The second kappa shape index (κ2) is 26.6. The van der Waals surface area contributed by atoms with Crippen LogP contribution in [-0.4, -0.2) is 70.1 Å². The average molecular weight is 963 g/mol. The molecular formula is C51H75N6O10P. The molecule has 2 aromatic heterocycles. The van der Waals surface area contributed by atoms with E-state index in [0.717, 1.165) is 56.9 Å². The highest BCUT2D eigenvalue weighted by Crippen LogP contribution is 2.49. The summed E-state index contributed by atoms with van der Waals surface area (Å²) in [5.41, 5.74) is 5.19. The molecule has 0 aliphatic carbocycles. The van der Waals surface area contributed by atoms with E-state index in [1.165, 1.54) is 43.1 Å². The lowest BCUT2D eigenvalue weighted by Gasteiger charge is -2.29. The third kappa shape index (κ3) is 16.0. The van der Waals surface area contributed by atoms with E-state index in [1.807, 2.05) is 12.1 Å². The lowest BCUT2D eigenvalue weighted by atomic mass is 9.87. The monoisotopic (exact) mass is 963 g/mol. The Kier molecular flexibility index (Phi) is 21.7. The Labute approximate surface area is 403 Å². The number of nitrogens with two attached hydrogens (primary N) is 1. The summed E-state index contributed by atoms with van der Waals surface area (Å²) < 4.78 is 52.4. The van der Waals surface area contributed by atoms with Gasteiger partial charge in [-0.1, -0.05) is 130 Å². The molecule has 4 rings (SSSR count). The van der Waals surface area contributed by atoms with Gasteiger partial charge in [-0.25, -0.2) is 14.1 Å². The van der Waals surface area contributed by atoms with Gasteiger partial charge in [0.2, 0.25) is 5.60 Å². The first kappa shape index (κ1) is 55.5. The fourth-order valence-corrected chi connectivity index (χ4v) is 8.93. The van der Waals surface area contributed by atoms with Gasteiger partial charge in [0.25, 0.3) is 0 Å².